The lowest BCUT2D eigenvalue weighted by Gasteiger charge is -2.41. The van der Waals surface area contributed by atoms with Crippen molar-refractivity contribution in [2.45, 2.75) is 32.4 Å². The second kappa shape index (κ2) is 5.67. The van der Waals surface area contributed by atoms with Crippen molar-refractivity contribution in [2.75, 3.05) is 4.90 Å². The number of hydrogen-bond acceptors (Lipinski definition) is 3. The summed E-state index contributed by atoms with van der Waals surface area (Å²) in [5, 5.41) is 9.61. The molecule has 0 fully saturated rings. The van der Waals surface area contributed by atoms with Gasteiger partial charge in [-0.05, 0) is 38.5 Å². The molecule has 3 rings (SSSR count). The Morgan fingerprint density at radius 1 is 1.17 bits per heavy atom. The van der Waals surface area contributed by atoms with Crippen LogP contribution in [0.1, 0.15) is 31.1 Å². The van der Waals surface area contributed by atoms with E-state index in [-0.39, 0.29) is 5.91 Å². The van der Waals surface area contributed by atoms with Gasteiger partial charge in [0.05, 0.1) is 5.69 Å². The van der Waals surface area contributed by atoms with Crippen LogP contribution in [0.3, 0.4) is 0 Å². The summed E-state index contributed by atoms with van der Waals surface area (Å²) in [4.78, 5) is 26.1. The molecule has 24 heavy (non-hydrogen) atoms. The molecule has 1 aliphatic heterocycles. The minimum absolute atomic E-state index is 0.384. The minimum atomic E-state index is -1.39. The average Bonchev–Trinajstić information content (AvgIpc) is 2.55. The minimum Gasteiger partial charge on any atom is -0.480 e. The van der Waals surface area contributed by atoms with E-state index in [1.807, 2.05) is 37.3 Å². The molecule has 1 aliphatic rings. The maximum Gasteiger partial charge on any atom is 0.329 e. The van der Waals surface area contributed by atoms with Crippen LogP contribution in [0.2, 0.25) is 0 Å². The van der Waals surface area contributed by atoms with E-state index < -0.39 is 17.6 Å². The molecule has 0 radical (unpaired) electrons. The van der Waals surface area contributed by atoms with Crippen molar-refractivity contribution in [3.63, 3.8) is 0 Å². The number of carboxylic acid groups (broad SMARTS) is 1. The zero-order chi connectivity index (χ0) is 17.5. The van der Waals surface area contributed by atoms with Crippen molar-refractivity contribution in [3.8, 4) is 5.75 Å². The van der Waals surface area contributed by atoms with Crippen molar-refractivity contribution in [1.82, 2.24) is 0 Å². The van der Waals surface area contributed by atoms with Crippen LogP contribution in [-0.4, -0.2) is 22.5 Å². The van der Waals surface area contributed by atoms with Gasteiger partial charge in [0.25, 0.3) is 5.91 Å². The van der Waals surface area contributed by atoms with Crippen LogP contribution in [-0.2, 0) is 9.59 Å². The van der Waals surface area contributed by atoms with Crippen LogP contribution >= 0.6 is 0 Å². The summed E-state index contributed by atoms with van der Waals surface area (Å²) in [5.41, 5.74) is 0.756. The molecule has 5 nitrogen and oxygen atoms in total. The number of hydrogen-bond donors (Lipinski definition) is 1. The van der Waals surface area contributed by atoms with Gasteiger partial charge >= 0.3 is 5.97 Å². The lowest BCUT2D eigenvalue weighted by molar-refractivity contribution is -0.145. The fourth-order valence-corrected chi connectivity index (χ4v) is 2.82. The summed E-state index contributed by atoms with van der Waals surface area (Å²) in [6.45, 7) is 4.96. The largest absolute Gasteiger partial charge is 0.480 e. The van der Waals surface area contributed by atoms with Gasteiger partial charge in [-0.1, -0.05) is 36.4 Å². The molecule has 1 heterocycles. The molecule has 5 heteroatoms. The molecular weight excluding hydrogens is 306 g/mol. The normalized spacial score (nSPS) is 17.2. The number of amides is 1. The molecule has 124 valence electrons. The highest BCUT2D eigenvalue weighted by molar-refractivity contribution is 6.06. The van der Waals surface area contributed by atoms with Crippen molar-refractivity contribution >= 4 is 17.6 Å². The second-order valence-electron chi connectivity index (χ2n) is 6.42. The molecule has 1 atom stereocenters. The van der Waals surface area contributed by atoms with Gasteiger partial charge in [-0.15, -0.1) is 0 Å². The maximum absolute atomic E-state index is 13.1. The van der Waals surface area contributed by atoms with E-state index >= 15 is 0 Å². The van der Waals surface area contributed by atoms with E-state index in [2.05, 4.69) is 0 Å². The zero-order valence-corrected chi connectivity index (χ0v) is 13.8. The number of fused-ring (bicyclic) bond motifs is 1. The maximum atomic E-state index is 13.1. The highest BCUT2D eigenvalue weighted by atomic mass is 16.5. The summed E-state index contributed by atoms with van der Waals surface area (Å²) >= 11 is 0. The predicted molar refractivity (Wildman–Crippen MR) is 90.2 cm³/mol. The number of nitrogens with zero attached hydrogens (tertiary/aromatic N) is 1. The lowest BCUT2D eigenvalue weighted by Crippen LogP contribution is -2.57. The van der Waals surface area contributed by atoms with Gasteiger partial charge in [0.1, 0.15) is 11.3 Å². The van der Waals surface area contributed by atoms with Gasteiger partial charge < -0.3 is 9.84 Å². The molecule has 0 saturated heterocycles. The van der Waals surface area contributed by atoms with Crippen molar-refractivity contribution in [1.29, 1.82) is 0 Å². The van der Waals surface area contributed by atoms with Crippen molar-refractivity contribution in [2.24, 2.45) is 0 Å². The Hall–Kier alpha value is -2.82. The van der Waals surface area contributed by atoms with Crippen molar-refractivity contribution in [3.05, 3.63) is 59.7 Å². The Kier molecular flexibility index (Phi) is 3.79. The van der Waals surface area contributed by atoms with E-state index in [4.69, 9.17) is 4.74 Å². The topological polar surface area (TPSA) is 66.8 Å². The lowest BCUT2D eigenvalue weighted by atomic mass is 9.96. The number of carbonyl (C=O) groups is 2. The van der Waals surface area contributed by atoms with Gasteiger partial charge in [-0.3, -0.25) is 9.69 Å². The van der Waals surface area contributed by atoms with Crippen LogP contribution in [0.15, 0.2) is 48.5 Å². The molecule has 2 aromatic carbocycles. The number of carbonyl (C=O) groups excluding carboxylic acids is 1. The molecular formula is C19H19NO4. The number of aliphatic carboxylic acids is 1. The quantitative estimate of drug-likeness (QED) is 0.940. The third-order valence-corrected chi connectivity index (χ3v) is 4.23. The number of carboxylic acids is 1. The first-order chi connectivity index (χ1) is 11.3. The summed E-state index contributed by atoms with van der Waals surface area (Å²) < 4.78 is 5.93. The van der Waals surface area contributed by atoms with Crippen molar-refractivity contribution < 1.29 is 19.4 Å². The van der Waals surface area contributed by atoms with E-state index in [1.165, 1.54) is 18.7 Å². The first kappa shape index (κ1) is 16.1. The monoisotopic (exact) mass is 325 g/mol. The number of rotatable bonds is 3. The summed E-state index contributed by atoms with van der Waals surface area (Å²) in [6.07, 6.45) is -0.862. The van der Waals surface area contributed by atoms with Gasteiger partial charge in [0.2, 0.25) is 6.10 Å². The molecule has 1 unspecified atom stereocenters. The Morgan fingerprint density at radius 2 is 1.83 bits per heavy atom. The molecule has 2 aromatic rings. The smallest absolute Gasteiger partial charge is 0.329 e. The first-order valence-corrected chi connectivity index (χ1v) is 7.72. The third-order valence-electron chi connectivity index (χ3n) is 4.23. The van der Waals surface area contributed by atoms with Gasteiger partial charge in [-0.25, -0.2) is 4.79 Å². The summed E-state index contributed by atoms with van der Waals surface area (Å²) in [7, 11) is 0. The van der Waals surface area contributed by atoms with E-state index in [1.54, 1.807) is 18.2 Å². The highest BCUT2D eigenvalue weighted by Gasteiger charge is 2.46. The fourth-order valence-electron chi connectivity index (χ4n) is 2.82. The standard InChI is InChI=1S/C19H19NO4/c1-12-9-10-14-15(11-12)24-16(13-7-5-4-6-8-13)17(21)20(14)19(2,3)18(22)23/h4-11,16H,1-3H3,(H,22,23). The molecule has 0 aromatic heterocycles. The number of ether oxygens (including phenoxy) is 1. The zero-order valence-electron chi connectivity index (χ0n) is 13.8. The second-order valence-corrected chi connectivity index (χ2v) is 6.42. The van der Waals surface area contributed by atoms with Crippen LogP contribution in [0.4, 0.5) is 5.69 Å². The molecule has 1 amide bonds. The van der Waals surface area contributed by atoms with Crippen LogP contribution in [0.25, 0.3) is 0 Å². The molecule has 0 bridgehead atoms. The molecule has 0 aliphatic carbocycles. The molecule has 0 spiro atoms. The Labute approximate surface area is 140 Å². The molecule has 0 saturated carbocycles. The number of benzene rings is 2. The number of aryl methyl sites for hydroxylation is 1. The van der Waals surface area contributed by atoms with Crippen LogP contribution < -0.4 is 9.64 Å². The SMILES string of the molecule is Cc1ccc2c(c1)OC(c1ccccc1)C(=O)N2C(C)(C)C(=O)O. The summed E-state index contributed by atoms with van der Waals surface area (Å²) in [6, 6.07) is 14.5. The average molecular weight is 325 g/mol. The van der Waals surface area contributed by atoms with E-state index in [0.717, 1.165) is 5.56 Å². The molecule has 1 N–H and O–H groups in total. The van der Waals surface area contributed by atoms with E-state index in [0.29, 0.717) is 17.0 Å². The fraction of sp³-hybridized carbons (Fsp3) is 0.263. The Bertz CT molecular complexity index is 798. The third kappa shape index (κ3) is 2.52. The van der Waals surface area contributed by atoms with Crippen LogP contribution in [0.5, 0.6) is 5.75 Å². The van der Waals surface area contributed by atoms with E-state index in [9.17, 15) is 14.7 Å². The van der Waals surface area contributed by atoms with Gasteiger partial charge in [-0.2, -0.15) is 0 Å². The van der Waals surface area contributed by atoms with Gasteiger partial charge in [0, 0.05) is 5.56 Å². The first-order valence-electron chi connectivity index (χ1n) is 7.72. The summed E-state index contributed by atoms with van der Waals surface area (Å²) in [5.74, 6) is -0.946. The predicted octanol–water partition coefficient (Wildman–Crippen LogP) is 3.32. The number of anilines is 1. The highest BCUT2D eigenvalue weighted by Crippen LogP contribution is 2.42. The van der Waals surface area contributed by atoms with Gasteiger partial charge in [0.15, 0.2) is 0 Å². The van der Waals surface area contributed by atoms with Crippen LogP contribution in [0, 0.1) is 6.92 Å². The Balaban J connectivity index is 2.17. The Morgan fingerprint density at radius 3 is 2.46 bits per heavy atom.